The SMILES string of the molecule is CC(C)(C)OOC(=O)c1ccc(-c2cccc(CO)c2)cc1NC(=O)c1ccccc1. The lowest BCUT2D eigenvalue weighted by molar-refractivity contribution is -0.301. The topological polar surface area (TPSA) is 84.9 Å². The van der Waals surface area contributed by atoms with Gasteiger partial charge in [-0.1, -0.05) is 42.5 Å². The molecular formula is C25H25NO5. The first-order chi connectivity index (χ1) is 14.8. The average Bonchev–Trinajstić information content (AvgIpc) is 2.77. The van der Waals surface area contributed by atoms with Gasteiger partial charge in [0.2, 0.25) is 0 Å². The van der Waals surface area contributed by atoms with Gasteiger partial charge in [-0.25, -0.2) is 4.79 Å². The van der Waals surface area contributed by atoms with Gasteiger partial charge in [-0.2, -0.15) is 4.89 Å². The number of hydrogen-bond acceptors (Lipinski definition) is 5. The quantitative estimate of drug-likeness (QED) is 0.435. The summed E-state index contributed by atoms with van der Waals surface area (Å²) in [5.41, 5.74) is 2.61. The number of carbonyl (C=O) groups is 2. The van der Waals surface area contributed by atoms with Crippen LogP contribution in [0.1, 0.15) is 47.1 Å². The van der Waals surface area contributed by atoms with Crippen molar-refractivity contribution in [1.82, 2.24) is 0 Å². The van der Waals surface area contributed by atoms with Crippen LogP contribution in [0.25, 0.3) is 11.1 Å². The van der Waals surface area contributed by atoms with E-state index in [1.165, 1.54) is 0 Å². The van der Waals surface area contributed by atoms with Gasteiger partial charge in [0.25, 0.3) is 5.91 Å². The minimum Gasteiger partial charge on any atom is -0.392 e. The Morgan fingerprint density at radius 1 is 0.903 bits per heavy atom. The minimum absolute atomic E-state index is 0.0833. The number of hydrogen-bond donors (Lipinski definition) is 2. The fourth-order valence-electron chi connectivity index (χ4n) is 2.85. The molecule has 0 bridgehead atoms. The van der Waals surface area contributed by atoms with Gasteiger partial charge < -0.3 is 10.4 Å². The fraction of sp³-hybridized carbons (Fsp3) is 0.200. The number of nitrogens with one attached hydrogen (secondary N) is 1. The van der Waals surface area contributed by atoms with Crippen LogP contribution in [-0.2, 0) is 16.4 Å². The second kappa shape index (κ2) is 9.55. The van der Waals surface area contributed by atoms with E-state index in [4.69, 9.17) is 9.78 Å². The molecule has 0 aromatic heterocycles. The fourth-order valence-corrected chi connectivity index (χ4v) is 2.85. The van der Waals surface area contributed by atoms with Crippen LogP contribution in [0.2, 0.25) is 0 Å². The van der Waals surface area contributed by atoms with E-state index in [-0.39, 0.29) is 18.1 Å². The van der Waals surface area contributed by atoms with Gasteiger partial charge in [-0.05, 0) is 67.8 Å². The molecule has 0 atom stereocenters. The zero-order valence-corrected chi connectivity index (χ0v) is 17.7. The van der Waals surface area contributed by atoms with Gasteiger partial charge in [-0.15, -0.1) is 0 Å². The lowest BCUT2D eigenvalue weighted by Gasteiger charge is -2.18. The maximum atomic E-state index is 12.7. The molecule has 0 aliphatic carbocycles. The lowest BCUT2D eigenvalue weighted by atomic mass is 10.0. The van der Waals surface area contributed by atoms with Crippen molar-refractivity contribution in [1.29, 1.82) is 0 Å². The molecule has 2 N–H and O–H groups in total. The van der Waals surface area contributed by atoms with E-state index in [1.807, 2.05) is 30.3 Å². The number of aliphatic hydroxyl groups excluding tert-OH is 1. The van der Waals surface area contributed by atoms with Crippen molar-refractivity contribution in [2.75, 3.05) is 5.32 Å². The Morgan fingerprint density at radius 3 is 2.29 bits per heavy atom. The van der Waals surface area contributed by atoms with E-state index in [0.29, 0.717) is 11.3 Å². The van der Waals surface area contributed by atoms with E-state index >= 15 is 0 Å². The van der Waals surface area contributed by atoms with Gasteiger partial charge >= 0.3 is 5.97 Å². The van der Waals surface area contributed by atoms with Crippen LogP contribution in [0.4, 0.5) is 5.69 Å². The molecule has 1 amide bonds. The first kappa shape index (κ1) is 22.2. The molecule has 160 valence electrons. The maximum absolute atomic E-state index is 12.7. The molecule has 0 saturated carbocycles. The molecule has 0 radical (unpaired) electrons. The van der Waals surface area contributed by atoms with Gasteiger partial charge in [0.05, 0.1) is 17.9 Å². The van der Waals surface area contributed by atoms with Crippen LogP contribution in [-0.4, -0.2) is 22.6 Å². The normalized spacial score (nSPS) is 11.1. The number of anilines is 1. The number of benzene rings is 3. The molecule has 0 saturated heterocycles. The Balaban J connectivity index is 1.97. The largest absolute Gasteiger partial charge is 0.392 e. The number of rotatable bonds is 6. The molecular weight excluding hydrogens is 394 g/mol. The molecule has 6 heteroatoms. The summed E-state index contributed by atoms with van der Waals surface area (Å²) < 4.78 is 0. The summed E-state index contributed by atoms with van der Waals surface area (Å²) in [7, 11) is 0. The van der Waals surface area contributed by atoms with Crippen molar-refractivity contribution < 1.29 is 24.5 Å². The van der Waals surface area contributed by atoms with Crippen LogP contribution in [0.3, 0.4) is 0 Å². The van der Waals surface area contributed by atoms with Crippen LogP contribution in [0.15, 0.2) is 72.8 Å². The van der Waals surface area contributed by atoms with Crippen molar-refractivity contribution >= 4 is 17.6 Å². The third-order valence-corrected chi connectivity index (χ3v) is 4.33. The van der Waals surface area contributed by atoms with E-state index in [9.17, 15) is 14.7 Å². The lowest BCUT2D eigenvalue weighted by Crippen LogP contribution is -2.23. The highest BCUT2D eigenvalue weighted by atomic mass is 17.2. The van der Waals surface area contributed by atoms with E-state index < -0.39 is 11.6 Å². The van der Waals surface area contributed by atoms with Crippen molar-refractivity contribution in [3.63, 3.8) is 0 Å². The third kappa shape index (κ3) is 6.01. The Labute approximate surface area is 181 Å². The molecule has 0 fully saturated rings. The van der Waals surface area contributed by atoms with Crippen molar-refractivity contribution in [2.45, 2.75) is 33.0 Å². The molecule has 3 aromatic carbocycles. The third-order valence-electron chi connectivity index (χ3n) is 4.33. The highest BCUT2D eigenvalue weighted by Crippen LogP contribution is 2.28. The second-order valence-electron chi connectivity index (χ2n) is 8.01. The van der Waals surface area contributed by atoms with Crippen molar-refractivity contribution in [3.8, 4) is 11.1 Å². The summed E-state index contributed by atoms with van der Waals surface area (Å²) in [6.07, 6.45) is 0. The van der Waals surface area contributed by atoms with Crippen LogP contribution in [0, 0.1) is 0 Å². The number of aliphatic hydroxyl groups is 1. The van der Waals surface area contributed by atoms with Gasteiger partial charge in [-0.3, -0.25) is 9.68 Å². The number of amides is 1. The minimum atomic E-state index is -0.714. The van der Waals surface area contributed by atoms with Gasteiger partial charge in [0, 0.05) is 5.56 Å². The predicted molar refractivity (Wildman–Crippen MR) is 118 cm³/mol. The Kier molecular flexibility index (Phi) is 6.84. The molecule has 3 aromatic rings. The molecule has 0 aliphatic rings. The molecule has 0 spiro atoms. The monoisotopic (exact) mass is 419 g/mol. The summed E-state index contributed by atoms with van der Waals surface area (Å²) in [5, 5.41) is 12.2. The second-order valence-corrected chi connectivity index (χ2v) is 8.01. The van der Waals surface area contributed by atoms with Crippen LogP contribution < -0.4 is 5.32 Å². The van der Waals surface area contributed by atoms with E-state index in [1.54, 1.807) is 63.2 Å². The molecule has 6 nitrogen and oxygen atoms in total. The zero-order chi connectivity index (χ0) is 22.4. The standard InChI is InChI=1S/C25H25NO5/c1-25(2,3)31-30-24(29)21-13-12-20(19-11-7-8-17(14-19)16-27)15-22(21)26-23(28)18-9-5-4-6-10-18/h4-15,27H,16H2,1-3H3,(H,26,28). The van der Waals surface area contributed by atoms with Crippen LogP contribution >= 0.6 is 0 Å². The average molecular weight is 419 g/mol. The van der Waals surface area contributed by atoms with E-state index in [2.05, 4.69) is 5.32 Å². The summed E-state index contributed by atoms with van der Waals surface area (Å²) in [6.45, 7) is 5.20. The zero-order valence-electron chi connectivity index (χ0n) is 17.7. The summed E-state index contributed by atoms with van der Waals surface area (Å²) in [4.78, 5) is 35.5. The predicted octanol–water partition coefficient (Wildman–Crippen LogP) is 4.99. The van der Waals surface area contributed by atoms with Crippen molar-refractivity contribution in [2.24, 2.45) is 0 Å². The Bertz CT molecular complexity index is 1070. The Hall–Kier alpha value is -3.48. The Morgan fingerprint density at radius 2 is 1.61 bits per heavy atom. The molecule has 0 unspecified atom stereocenters. The number of carbonyl (C=O) groups excluding carboxylic acids is 2. The van der Waals surface area contributed by atoms with E-state index in [0.717, 1.165) is 16.7 Å². The maximum Gasteiger partial charge on any atom is 0.375 e. The molecule has 0 aliphatic heterocycles. The summed E-state index contributed by atoms with van der Waals surface area (Å²) >= 11 is 0. The highest BCUT2D eigenvalue weighted by Gasteiger charge is 2.21. The highest BCUT2D eigenvalue weighted by molar-refractivity contribution is 6.08. The first-order valence-electron chi connectivity index (χ1n) is 9.87. The van der Waals surface area contributed by atoms with Crippen molar-refractivity contribution in [3.05, 3.63) is 89.5 Å². The smallest absolute Gasteiger partial charge is 0.375 e. The molecule has 3 rings (SSSR count). The summed E-state index contributed by atoms with van der Waals surface area (Å²) in [6, 6.07) is 21.1. The summed E-state index contributed by atoms with van der Waals surface area (Å²) in [5.74, 6) is -1.07. The first-order valence-corrected chi connectivity index (χ1v) is 9.87. The van der Waals surface area contributed by atoms with Crippen LogP contribution in [0.5, 0.6) is 0 Å². The van der Waals surface area contributed by atoms with Gasteiger partial charge in [0.15, 0.2) is 0 Å². The van der Waals surface area contributed by atoms with Gasteiger partial charge in [0.1, 0.15) is 5.60 Å². The molecule has 0 heterocycles. The molecule has 31 heavy (non-hydrogen) atoms.